The molecule has 5 nitrogen and oxygen atoms in total. The first-order valence-corrected chi connectivity index (χ1v) is 4.87. The first-order chi connectivity index (χ1) is 6.56. The topological polar surface area (TPSA) is 84.2 Å². The van der Waals surface area contributed by atoms with Gasteiger partial charge in [-0.15, -0.1) is 0 Å². The summed E-state index contributed by atoms with van der Waals surface area (Å²) in [6.45, 7) is 4.24. The molecule has 5 heteroatoms. The van der Waals surface area contributed by atoms with E-state index in [0.717, 1.165) is 12.8 Å². The zero-order valence-corrected chi connectivity index (χ0v) is 8.54. The van der Waals surface area contributed by atoms with E-state index in [4.69, 9.17) is 5.84 Å². The van der Waals surface area contributed by atoms with E-state index in [-0.39, 0.29) is 6.04 Å². The highest BCUT2D eigenvalue weighted by molar-refractivity contribution is 6.34. The van der Waals surface area contributed by atoms with E-state index < -0.39 is 11.8 Å². The van der Waals surface area contributed by atoms with Gasteiger partial charge < -0.3 is 5.32 Å². The van der Waals surface area contributed by atoms with E-state index in [1.165, 1.54) is 0 Å². The number of nitrogens with two attached hydrogens (primary N) is 1. The summed E-state index contributed by atoms with van der Waals surface area (Å²) in [4.78, 5) is 22.0. The van der Waals surface area contributed by atoms with Crippen LogP contribution in [0, 0.1) is 11.8 Å². The molecule has 80 valence electrons. The maximum absolute atomic E-state index is 11.2. The van der Waals surface area contributed by atoms with Crippen LogP contribution in [-0.4, -0.2) is 17.9 Å². The molecule has 0 radical (unpaired) electrons. The van der Waals surface area contributed by atoms with Gasteiger partial charge >= 0.3 is 11.8 Å². The molecule has 14 heavy (non-hydrogen) atoms. The highest BCUT2D eigenvalue weighted by atomic mass is 16.2. The lowest BCUT2D eigenvalue weighted by atomic mass is 9.98. The van der Waals surface area contributed by atoms with E-state index in [9.17, 15) is 9.59 Å². The summed E-state index contributed by atoms with van der Waals surface area (Å²) < 4.78 is 0. The molecule has 3 unspecified atom stereocenters. The zero-order chi connectivity index (χ0) is 10.7. The predicted octanol–water partition coefficient (Wildman–Crippen LogP) is -0.473. The van der Waals surface area contributed by atoms with Gasteiger partial charge in [0.2, 0.25) is 0 Å². The van der Waals surface area contributed by atoms with E-state index >= 15 is 0 Å². The molecule has 1 aliphatic rings. The van der Waals surface area contributed by atoms with Crippen LogP contribution in [0.2, 0.25) is 0 Å². The Morgan fingerprint density at radius 1 is 1.21 bits per heavy atom. The van der Waals surface area contributed by atoms with Crippen LogP contribution in [0.25, 0.3) is 0 Å². The average molecular weight is 199 g/mol. The summed E-state index contributed by atoms with van der Waals surface area (Å²) in [7, 11) is 0. The van der Waals surface area contributed by atoms with Crippen molar-refractivity contribution in [3.8, 4) is 0 Å². The molecule has 4 N–H and O–H groups in total. The lowest BCUT2D eigenvalue weighted by molar-refractivity contribution is -0.139. The molecule has 1 rings (SSSR count). The largest absolute Gasteiger partial charge is 0.345 e. The van der Waals surface area contributed by atoms with E-state index in [1.807, 2.05) is 5.43 Å². The SMILES string of the molecule is CC1CCC(NC(=O)C(=O)NN)C1C. The molecule has 1 fully saturated rings. The molecular weight excluding hydrogens is 182 g/mol. The number of hydrogen-bond donors (Lipinski definition) is 3. The normalized spacial score (nSPS) is 31.2. The van der Waals surface area contributed by atoms with Crippen molar-refractivity contribution in [2.75, 3.05) is 0 Å². The maximum atomic E-state index is 11.2. The number of carbonyl (C=O) groups excluding carboxylic acids is 2. The highest BCUT2D eigenvalue weighted by Crippen LogP contribution is 2.30. The molecule has 0 saturated heterocycles. The third-order valence-electron chi connectivity index (χ3n) is 3.12. The minimum absolute atomic E-state index is 0.106. The van der Waals surface area contributed by atoms with Crippen molar-refractivity contribution < 1.29 is 9.59 Å². The predicted molar refractivity (Wildman–Crippen MR) is 51.8 cm³/mol. The fraction of sp³-hybridized carbons (Fsp3) is 0.778. The minimum Gasteiger partial charge on any atom is -0.345 e. The van der Waals surface area contributed by atoms with Crippen LogP contribution >= 0.6 is 0 Å². The summed E-state index contributed by atoms with van der Waals surface area (Å²) in [6, 6.07) is 0.106. The Hall–Kier alpha value is -1.10. The minimum atomic E-state index is -0.781. The lowest BCUT2D eigenvalue weighted by Crippen LogP contribution is -2.47. The smallest absolute Gasteiger partial charge is 0.323 e. The fourth-order valence-electron chi connectivity index (χ4n) is 1.87. The molecule has 0 aromatic rings. The Kier molecular flexibility index (Phi) is 3.46. The van der Waals surface area contributed by atoms with Crippen molar-refractivity contribution >= 4 is 11.8 Å². The van der Waals surface area contributed by atoms with Gasteiger partial charge in [0, 0.05) is 6.04 Å². The van der Waals surface area contributed by atoms with Crippen molar-refractivity contribution in [2.45, 2.75) is 32.7 Å². The molecule has 0 bridgehead atoms. The Bertz CT molecular complexity index is 242. The standard InChI is InChI=1S/C9H17N3O2/c1-5-3-4-7(6(5)2)11-8(13)9(14)12-10/h5-7H,3-4,10H2,1-2H3,(H,11,13)(H,12,14). The number of carbonyl (C=O) groups is 2. The van der Waals surface area contributed by atoms with Gasteiger partial charge in [-0.1, -0.05) is 13.8 Å². The van der Waals surface area contributed by atoms with Gasteiger partial charge in [0.1, 0.15) is 0 Å². The van der Waals surface area contributed by atoms with Crippen LogP contribution in [0.15, 0.2) is 0 Å². The molecule has 1 aliphatic carbocycles. The Morgan fingerprint density at radius 3 is 2.29 bits per heavy atom. The zero-order valence-electron chi connectivity index (χ0n) is 8.54. The molecule has 0 aromatic carbocycles. The van der Waals surface area contributed by atoms with Crippen molar-refractivity contribution in [1.29, 1.82) is 0 Å². The third kappa shape index (κ3) is 2.23. The van der Waals surface area contributed by atoms with Crippen molar-refractivity contribution in [3.63, 3.8) is 0 Å². The van der Waals surface area contributed by atoms with Gasteiger partial charge in [0.15, 0.2) is 0 Å². The summed E-state index contributed by atoms with van der Waals surface area (Å²) >= 11 is 0. The average Bonchev–Trinajstić information content (AvgIpc) is 2.48. The van der Waals surface area contributed by atoms with Gasteiger partial charge in [-0.3, -0.25) is 15.0 Å². The summed E-state index contributed by atoms with van der Waals surface area (Å²) in [5, 5.41) is 2.68. The molecule has 1 saturated carbocycles. The van der Waals surface area contributed by atoms with Gasteiger partial charge in [0.05, 0.1) is 0 Å². The summed E-state index contributed by atoms with van der Waals surface area (Å²) in [6.07, 6.45) is 2.03. The van der Waals surface area contributed by atoms with Crippen molar-refractivity contribution in [3.05, 3.63) is 0 Å². The molecule has 0 spiro atoms. The second kappa shape index (κ2) is 4.41. The summed E-state index contributed by atoms with van der Waals surface area (Å²) in [5.74, 6) is 4.45. The third-order valence-corrected chi connectivity index (χ3v) is 3.12. The van der Waals surface area contributed by atoms with Gasteiger partial charge in [-0.2, -0.15) is 0 Å². The van der Waals surface area contributed by atoms with Gasteiger partial charge in [-0.05, 0) is 24.7 Å². The van der Waals surface area contributed by atoms with Crippen LogP contribution in [-0.2, 0) is 9.59 Å². The number of rotatable bonds is 1. The van der Waals surface area contributed by atoms with Gasteiger partial charge in [-0.25, -0.2) is 5.84 Å². The van der Waals surface area contributed by atoms with Crippen LogP contribution in [0.3, 0.4) is 0 Å². The number of hydrogen-bond acceptors (Lipinski definition) is 3. The second-order valence-corrected chi connectivity index (χ2v) is 3.97. The van der Waals surface area contributed by atoms with Crippen molar-refractivity contribution in [2.24, 2.45) is 17.7 Å². The molecule has 0 heterocycles. The number of nitrogens with one attached hydrogen (secondary N) is 2. The molecule has 3 atom stereocenters. The Labute approximate surface area is 83.4 Å². The highest BCUT2D eigenvalue weighted by Gasteiger charge is 2.31. The van der Waals surface area contributed by atoms with Crippen LogP contribution in [0.4, 0.5) is 0 Å². The van der Waals surface area contributed by atoms with Gasteiger partial charge in [0.25, 0.3) is 0 Å². The van der Waals surface area contributed by atoms with Crippen LogP contribution in [0.5, 0.6) is 0 Å². The lowest BCUT2D eigenvalue weighted by Gasteiger charge is -2.18. The van der Waals surface area contributed by atoms with E-state index in [2.05, 4.69) is 19.2 Å². The van der Waals surface area contributed by atoms with Crippen molar-refractivity contribution in [1.82, 2.24) is 10.7 Å². The van der Waals surface area contributed by atoms with E-state index in [0.29, 0.717) is 11.8 Å². The summed E-state index contributed by atoms with van der Waals surface area (Å²) in [5.41, 5.74) is 1.81. The molecule has 2 amide bonds. The molecule has 0 aromatic heterocycles. The number of amides is 2. The Balaban J connectivity index is 2.45. The maximum Gasteiger partial charge on any atom is 0.323 e. The first-order valence-electron chi connectivity index (χ1n) is 4.87. The first kappa shape index (κ1) is 11.0. The van der Waals surface area contributed by atoms with E-state index in [1.54, 1.807) is 0 Å². The molecular formula is C9H17N3O2. The molecule has 0 aliphatic heterocycles. The van der Waals surface area contributed by atoms with Crippen LogP contribution in [0.1, 0.15) is 26.7 Å². The second-order valence-electron chi connectivity index (χ2n) is 3.97. The quantitative estimate of drug-likeness (QED) is 0.231. The Morgan fingerprint density at radius 2 is 1.86 bits per heavy atom. The van der Waals surface area contributed by atoms with Crippen LogP contribution < -0.4 is 16.6 Å². The monoisotopic (exact) mass is 199 g/mol. The number of hydrazine groups is 1. The fourth-order valence-corrected chi connectivity index (χ4v) is 1.87.